The lowest BCUT2D eigenvalue weighted by Gasteiger charge is -2.20. The van der Waals surface area contributed by atoms with E-state index < -0.39 is 0 Å². The number of anilines is 1. The van der Waals surface area contributed by atoms with Crippen LogP contribution in [0.5, 0.6) is 11.5 Å². The van der Waals surface area contributed by atoms with E-state index in [1.165, 1.54) is 0 Å². The highest BCUT2D eigenvalue weighted by atomic mass is 16.7. The molecule has 0 radical (unpaired) electrons. The van der Waals surface area contributed by atoms with Gasteiger partial charge in [0, 0.05) is 24.8 Å². The lowest BCUT2D eigenvalue weighted by atomic mass is 10.1. The van der Waals surface area contributed by atoms with Crippen LogP contribution in [0, 0.1) is 0 Å². The molecule has 7 nitrogen and oxygen atoms in total. The van der Waals surface area contributed by atoms with Gasteiger partial charge in [-0.05, 0) is 24.6 Å². The predicted octanol–water partition coefficient (Wildman–Crippen LogP) is 2.53. The molecule has 0 spiro atoms. The minimum absolute atomic E-state index is 0.0387. The molecule has 2 heterocycles. The number of rotatable bonds is 5. The van der Waals surface area contributed by atoms with Gasteiger partial charge in [-0.1, -0.05) is 30.3 Å². The highest BCUT2D eigenvalue weighted by molar-refractivity contribution is 5.96. The molecule has 1 atom stereocenters. The third kappa shape index (κ3) is 3.53. The van der Waals surface area contributed by atoms with Crippen LogP contribution in [0.15, 0.2) is 48.5 Å². The van der Waals surface area contributed by atoms with E-state index in [4.69, 9.17) is 9.47 Å². The third-order valence-corrected chi connectivity index (χ3v) is 4.77. The monoisotopic (exact) mass is 367 g/mol. The smallest absolute Gasteiger partial charge is 0.325 e. The average Bonchev–Trinajstić information content (AvgIpc) is 3.29. The van der Waals surface area contributed by atoms with E-state index in [-0.39, 0.29) is 31.3 Å². The van der Waals surface area contributed by atoms with Crippen LogP contribution in [0.4, 0.5) is 10.5 Å². The molecule has 0 bridgehead atoms. The zero-order valence-electron chi connectivity index (χ0n) is 15.1. The largest absolute Gasteiger partial charge is 0.454 e. The van der Waals surface area contributed by atoms with Crippen LogP contribution in [0.3, 0.4) is 0 Å². The van der Waals surface area contributed by atoms with Crippen LogP contribution in [0.1, 0.15) is 18.5 Å². The Morgan fingerprint density at radius 2 is 1.89 bits per heavy atom. The highest BCUT2D eigenvalue weighted by Gasteiger charge is 2.32. The Morgan fingerprint density at radius 1 is 1.11 bits per heavy atom. The van der Waals surface area contributed by atoms with E-state index in [0.717, 1.165) is 11.3 Å². The van der Waals surface area contributed by atoms with Crippen molar-refractivity contribution in [2.75, 3.05) is 31.3 Å². The number of carbonyl (C=O) groups excluding carboxylic acids is 2. The predicted molar refractivity (Wildman–Crippen MR) is 99.9 cm³/mol. The molecule has 140 valence electrons. The standard InChI is InChI=1S/C20H21N3O4/c1-14(15-5-3-2-4-6-15)21-19(24)12-22-9-10-23(20(22)25)16-7-8-17-18(11-16)27-13-26-17/h2-8,11,14H,9-10,12-13H2,1H3,(H,21,24). The molecule has 1 saturated heterocycles. The van der Waals surface area contributed by atoms with Gasteiger partial charge in [0.25, 0.3) is 0 Å². The summed E-state index contributed by atoms with van der Waals surface area (Å²) in [6, 6.07) is 14.9. The molecule has 2 aromatic carbocycles. The van der Waals surface area contributed by atoms with Gasteiger partial charge >= 0.3 is 6.03 Å². The van der Waals surface area contributed by atoms with Crippen molar-refractivity contribution in [2.45, 2.75) is 13.0 Å². The molecule has 0 aromatic heterocycles. The summed E-state index contributed by atoms with van der Waals surface area (Å²) in [6.45, 7) is 3.19. The van der Waals surface area contributed by atoms with Crippen LogP contribution in [-0.4, -0.2) is 43.3 Å². The van der Waals surface area contributed by atoms with Gasteiger partial charge in [0.1, 0.15) is 6.54 Å². The Hall–Kier alpha value is -3.22. The van der Waals surface area contributed by atoms with Crippen molar-refractivity contribution in [3.05, 3.63) is 54.1 Å². The topological polar surface area (TPSA) is 71.1 Å². The summed E-state index contributed by atoms with van der Waals surface area (Å²) < 4.78 is 10.7. The minimum atomic E-state index is -0.184. The Balaban J connectivity index is 1.37. The number of urea groups is 1. The van der Waals surface area contributed by atoms with E-state index in [1.807, 2.05) is 43.3 Å². The average molecular weight is 367 g/mol. The second kappa shape index (κ2) is 7.19. The van der Waals surface area contributed by atoms with E-state index >= 15 is 0 Å². The maximum Gasteiger partial charge on any atom is 0.325 e. The summed E-state index contributed by atoms with van der Waals surface area (Å²) in [5.41, 5.74) is 1.77. The number of hydrogen-bond acceptors (Lipinski definition) is 4. The molecule has 2 aromatic rings. The molecule has 2 aliphatic heterocycles. The van der Waals surface area contributed by atoms with Crippen molar-refractivity contribution < 1.29 is 19.1 Å². The summed E-state index contributed by atoms with van der Waals surface area (Å²) in [5, 5.41) is 2.94. The molecule has 4 rings (SSSR count). The first-order valence-corrected chi connectivity index (χ1v) is 8.92. The number of nitrogens with one attached hydrogen (secondary N) is 1. The first kappa shape index (κ1) is 17.2. The maximum atomic E-state index is 12.7. The number of carbonyl (C=O) groups is 2. The van der Waals surface area contributed by atoms with Crippen LogP contribution in [0.25, 0.3) is 0 Å². The van der Waals surface area contributed by atoms with Crippen molar-refractivity contribution in [1.82, 2.24) is 10.2 Å². The molecular formula is C20H21N3O4. The van der Waals surface area contributed by atoms with Crippen LogP contribution in [-0.2, 0) is 4.79 Å². The fraction of sp³-hybridized carbons (Fsp3) is 0.300. The van der Waals surface area contributed by atoms with Crippen molar-refractivity contribution in [3.63, 3.8) is 0 Å². The summed E-state index contributed by atoms with van der Waals surface area (Å²) >= 11 is 0. The molecule has 27 heavy (non-hydrogen) atoms. The fourth-order valence-electron chi connectivity index (χ4n) is 3.31. The summed E-state index contributed by atoms with van der Waals surface area (Å²) in [4.78, 5) is 28.3. The molecular weight excluding hydrogens is 346 g/mol. The maximum absolute atomic E-state index is 12.7. The molecule has 2 aliphatic rings. The lowest BCUT2D eigenvalue weighted by Crippen LogP contribution is -2.40. The number of amides is 3. The molecule has 0 saturated carbocycles. The highest BCUT2D eigenvalue weighted by Crippen LogP contribution is 2.36. The van der Waals surface area contributed by atoms with Gasteiger partial charge < -0.3 is 19.7 Å². The first-order chi connectivity index (χ1) is 13.1. The summed E-state index contributed by atoms with van der Waals surface area (Å²) in [6.07, 6.45) is 0. The quantitative estimate of drug-likeness (QED) is 0.882. The van der Waals surface area contributed by atoms with Gasteiger partial charge in [-0.25, -0.2) is 4.79 Å². The second-order valence-electron chi connectivity index (χ2n) is 6.59. The SMILES string of the molecule is CC(NC(=O)CN1CCN(c2ccc3c(c2)OCO3)C1=O)c1ccccc1. The van der Waals surface area contributed by atoms with Gasteiger partial charge in [-0.3, -0.25) is 9.69 Å². The normalized spacial score (nSPS) is 16.6. The molecule has 1 unspecified atom stereocenters. The van der Waals surface area contributed by atoms with Crippen molar-refractivity contribution >= 4 is 17.6 Å². The zero-order chi connectivity index (χ0) is 18.8. The Labute approximate surface area is 157 Å². The Bertz CT molecular complexity index is 856. The van der Waals surface area contributed by atoms with Gasteiger partial charge in [0.15, 0.2) is 11.5 Å². The Morgan fingerprint density at radius 3 is 2.70 bits per heavy atom. The first-order valence-electron chi connectivity index (χ1n) is 8.92. The van der Waals surface area contributed by atoms with E-state index in [0.29, 0.717) is 24.6 Å². The van der Waals surface area contributed by atoms with Crippen molar-refractivity contribution in [2.24, 2.45) is 0 Å². The molecule has 1 N–H and O–H groups in total. The van der Waals surface area contributed by atoms with Crippen molar-refractivity contribution in [3.8, 4) is 11.5 Å². The van der Waals surface area contributed by atoms with Crippen LogP contribution >= 0.6 is 0 Å². The fourth-order valence-corrected chi connectivity index (χ4v) is 3.31. The van der Waals surface area contributed by atoms with Crippen LogP contribution < -0.4 is 19.7 Å². The summed E-state index contributed by atoms with van der Waals surface area (Å²) in [5.74, 6) is 1.14. The number of ether oxygens (including phenoxy) is 2. The van der Waals surface area contributed by atoms with E-state index in [2.05, 4.69) is 5.32 Å². The number of hydrogen-bond donors (Lipinski definition) is 1. The number of benzene rings is 2. The van der Waals surface area contributed by atoms with E-state index in [1.54, 1.807) is 21.9 Å². The summed E-state index contributed by atoms with van der Waals surface area (Å²) in [7, 11) is 0. The van der Waals surface area contributed by atoms with Crippen LogP contribution in [0.2, 0.25) is 0 Å². The molecule has 0 aliphatic carbocycles. The van der Waals surface area contributed by atoms with E-state index in [9.17, 15) is 9.59 Å². The van der Waals surface area contributed by atoms with Crippen molar-refractivity contribution in [1.29, 1.82) is 0 Å². The second-order valence-corrected chi connectivity index (χ2v) is 6.59. The number of fused-ring (bicyclic) bond motifs is 1. The minimum Gasteiger partial charge on any atom is -0.454 e. The lowest BCUT2D eigenvalue weighted by molar-refractivity contribution is -0.122. The van der Waals surface area contributed by atoms with Gasteiger partial charge in [0.2, 0.25) is 12.7 Å². The number of nitrogens with zero attached hydrogens (tertiary/aromatic N) is 2. The van der Waals surface area contributed by atoms with Gasteiger partial charge in [-0.2, -0.15) is 0 Å². The van der Waals surface area contributed by atoms with Gasteiger partial charge in [-0.15, -0.1) is 0 Å². The molecule has 7 heteroatoms. The molecule has 1 fully saturated rings. The third-order valence-electron chi connectivity index (χ3n) is 4.77. The van der Waals surface area contributed by atoms with Gasteiger partial charge in [0.05, 0.1) is 6.04 Å². The Kier molecular flexibility index (Phi) is 4.58. The zero-order valence-corrected chi connectivity index (χ0v) is 15.1. The molecule has 3 amide bonds.